The normalized spacial score (nSPS) is 19.7. The van der Waals surface area contributed by atoms with E-state index in [1.807, 2.05) is 30.3 Å². The molecule has 0 saturated heterocycles. The minimum atomic E-state index is -0.0115. The van der Waals surface area contributed by atoms with Gasteiger partial charge in [0.25, 0.3) is 0 Å². The molecule has 2 N–H and O–H groups in total. The summed E-state index contributed by atoms with van der Waals surface area (Å²) < 4.78 is 5.13. The molecule has 5 heteroatoms. The van der Waals surface area contributed by atoms with E-state index in [1.54, 1.807) is 7.11 Å². The summed E-state index contributed by atoms with van der Waals surface area (Å²) in [5.41, 5.74) is 1.08. The van der Waals surface area contributed by atoms with E-state index in [9.17, 15) is 9.59 Å². The van der Waals surface area contributed by atoms with Gasteiger partial charge in [-0.25, -0.2) is 0 Å². The number of carbonyl (C=O) groups excluding carboxylic acids is 2. The van der Waals surface area contributed by atoms with Crippen LogP contribution in [0.15, 0.2) is 30.3 Å². The van der Waals surface area contributed by atoms with Crippen molar-refractivity contribution in [2.45, 2.75) is 44.7 Å². The molecule has 0 radical (unpaired) electrons. The number of amides is 2. The quantitative estimate of drug-likeness (QED) is 0.732. The largest absolute Gasteiger partial charge is 0.384 e. The second-order valence-corrected chi connectivity index (χ2v) is 6.08. The van der Waals surface area contributed by atoms with Crippen molar-refractivity contribution in [3.8, 4) is 0 Å². The fourth-order valence-electron chi connectivity index (χ4n) is 2.75. The van der Waals surface area contributed by atoms with E-state index in [-0.39, 0.29) is 17.9 Å². The van der Waals surface area contributed by atoms with Crippen molar-refractivity contribution in [1.29, 1.82) is 0 Å². The van der Waals surface area contributed by atoms with Crippen LogP contribution in [0.3, 0.4) is 0 Å². The number of nitrogens with one attached hydrogen (secondary N) is 2. The van der Waals surface area contributed by atoms with Crippen LogP contribution in [-0.4, -0.2) is 31.6 Å². The second kappa shape index (κ2) is 9.30. The third kappa shape index (κ3) is 6.02. The lowest BCUT2D eigenvalue weighted by atomic mass is 9.80. The Morgan fingerprint density at radius 2 is 1.87 bits per heavy atom. The molecule has 23 heavy (non-hydrogen) atoms. The van der Waals surface area contributed by atoms with Gasteiger partial charge in [-0.3, -0.25) is 9.59 Å². The zero-order valence-electron chi connectivity index (χ0n) is 13.7. The molecule has 126 valence electrons. The van der Waals surface area contributed by atoms with Crippen LogP contribution < -0.4 is 10.6 Å². The Labute approximate surface area is 137 Å². The van der Waals surface area contributed by atoms with Gasteiger partial charge < -0.3 is 15.4 Å². The summed E-state index contributed by atoms with van der Waals surface area (Å²) in [5.74, 6) is 0.465. The number of hydrogen-bond acceptors (Lipinski definition) is 3. The van der Waals surface area contributed by atoms with E-state index in [1.165, 1.54) is 0 Å². The topological polar surface area (TPSA) is 67.4 Å². The summed E-state index contributed by atoms with van der Waals surface area (Å²) in [5, 5.41) is 5.90. The molecule has 0 aliphatic heterocycles. The Bertz CT molecular complexity index is 504. The van der Waals surface area contributed by atoms with Crippen molar-refractivity contribution >= 4 is 11.8 Å². The molecule has 5 nitrogen and oxygen atoms in total. The number of carbonyl (C=O) groups is 2. The first-order valence-corrected chi connectivity index (χ1v) is 8.28. The molecule has 0 bridgehead atoms. The number of methoxy groups -OCH3 is 1. The molecule has 1 aliphatic rings. The smallest absolute Gasteiger partial charge is 0.220 e. The summed E-state index contributed by atoms with van der Waals surface area (Å²) in [6, 6.07) is 10.0. The van der Waals surface area contributed by atoms with Crippen molar-refractivity contribution < 1.29 is 14.3 Å². The maximum atomic E-state index is 11.9. The number of hydrogen-bond donors (Lipinski definition) is 2. The highest BCUT2D eigenvalue weighted by atomic mass is 16.5. The zero-order chi connectivity index (χ0) is 16.5. The molecule has 0 spiro atoms. The lowest BCUT2D eigenvalue weighted by Crippen LogP contribution is -2.48. The van der Waals surface area contributed by atoms with Crippen LogP contribution in [0.1, 0.15) is 37.7 Å². The summed E-state index contributed by atoms with van der Waals surface area (Å²) in [6.07, 6.45) is 3.49. The van der Waals surface area contributed by atoms with Gasteiger partial charge in [0.1, 0.15) is 0 Å². The third-order valence-corrected chi connectivity index (χ3v) is 4.28. The molecule has 1 fully saturated rings. The highest BCUT2D eigenvalue weighted by Crippen LogP contribution is 2.27. The van der Waals surface area contributed by atoms with Gasteiger partial charge >= 0.3 is 0 Å². The van der Waals surface area contributed by atoms with Crippen LogP contribution in [0.2, 0.25) is 0 Å². The molecule has 1 aliphatic carbocycles. The van der Waals surface area contributed by atoms with Crippen molar-refractivity contribution in [3.63, 3.8) is 0 Å². The van der Waals surface area contributed by atoms with E-state index in [4.69, 9.17) is 4.74 Å². The van der Waals surface area contributed by atoms with Gasteiger partial charge in [-0.15, -0.1) is 0 Å². The molecule has 1 aromatic rings. The van der Waals surface area contributed by atoms with Crippen LogP contribution in [0.25, 0.3) is 0 Å². The lowest BCUT2D eigenvalue weighted by molar-refractivity contribution is -0.124. The predicted molar refractivity (Wildman–Crippen MR) is 88.7 cm³/mol. The van der Waals surface area contributed by atoms with Crippen LogP contribution >= 0.6 is 0 Å². The number of ether oxygens (including phenoxy) is 1. The van der Waals surface area contributed by atoms with Crippen molar-refractivity contribution in [3.05, 3.63) is 35.9 Å². The van der Waals surface area contributed by atoms with Crippen molar-refractivity contribution in [2.24, 2.45) is 5.92 Å². The van der Waals surface area contributed by atoms with Crippen LogP contribution in [-0.2, 0) is 20.9 Å². The molecule has 2 atom stereocenters. The molecule has 1 saturated carbocycles. The lowest BCUT2D eigenvalue weighted by Gasteiger charge is -2.36. The Hall–Kier alpha value is -1.88. The fraction of sp³-hybridized carbons (Fsp3) is 0.556. The predicted octanol–water partition coefficient (Wildman–Crippen LogP) is 2.01. The molecule has 2 rings (SSSR count). The molecule has 1 aromatic carbocycles. The summed E-state index contributed by atoms with van der Waals surface area (Å²) >= 11 is 0. The summed E-state index contributed by atoms with van der Waals surface area (Å²) in [6.45, 7) is 1.24. The first-order chi connectivity index (χ1) is 11.2. The van der Waals surface area contributed by atoms with E-state index in [0.29, 0.717) is 38.3 Å². The Morgan fingerprint density at radius 1 is 1.13 bits per heavy atom. The molecular formula is C18H26N2O3. The zero-order valence-corrected chi connectivity index (χ0v) is 13.7. The van der Waals surface area contributed by atoms with Gasteiger partial charge in [0.2, 0.25) is 11.8 Å². The standard InChI is InChI=1S/C18H26N2O3/c1-23-13-15-10-11-16(15)20-18(22)9-5-8-17(21)19-12-14-6-3-2-4-7-14/h2-4,6-7,15-16H,5,8-13H2,1H3,(H,19,21)(H,20,22)/t15-,16-/m1/s1. The number of rotatable bonds is 9. The highest BCUT2D eigenvalue weighted by molar-refractivity contribution is 5.79. The molecular weight excluding hydrogens is 292 g/mol. The minimum absolute atomic E-state index is 0.0115. The van der Waals surface area contributed by atoms with E-state index in [0.717, 1.165) is 18.4 Å². The maximum absolute atomic E-state index is 11.9. The second-order valence-electron chi connectivity index (χ2n) is 6.08. The molecule has 0 aromatic heterocycles. The van der Waals surface area contributed by atoms with Crippen LogP contribution in [0.4, 0.5) is 0 Å². The van der Waals surface area contributed by atoms with Crippen molar-refractivity contribution in [2.75, 3.05) is 13.7 Å². The Kier molecular flexibility index (Phi) is 7.07. The van der Waals surface area contributed by atoms with Gasteiger partial charge in [-0.2, -0.15) is 0 Å². The first kappa shape index (κ1) is 17.5. The Balaban J connectivity index is 1.55. The average molecular weight is 318 g/mol. The SMILES string of the molecule is COC[C@H]1CC[C@H]1NC(=O)CCCC(=O)NCc1ccccc1. The molecule has 2 amide bonds. The minimum Gasteiger partial charge on any atom is -0.384 e. The highest BCUT2D eigenvalue weighted by Gasteiger charge is 2.31. The van der Waals surface area contributed by atoms with E-state index < -0.39 is 0 Å². The molecule has 0 heterocycles. The fourth-order valence-corrected chi connectivity index (χ4v) is 2.75. The van der Waals surface area contributed by atoms with Crippen LogP contribution in [0.5, 0.6) is 0 Å². The molecule has 0 unspecified atom stereocenters. The Morgan fingerprint density at radius 3 is 2.52 bits per heavy atom. The average Bonchev–Trinajstić information content (AvgIpc) is 2.55. The first-order valence-electron chi connectivity index (χ1n) is 8.28. The van der Waals surface area contributed by atoms with Gasteiger partial charge in [-0.1, -0.05) is 30.3 Å². The van der Waals surface area contributed by atoms with Gasteiger partial charge in [0.15, 0.2) is 0 Å². The van der Waals surface area contributed by atoms with E-state index in [2.05, 4.69) is 10.6 Å². The monoisotopic (exact) mass is 318 g/mol. The third-order valence-electron chi connectivity index (χ3n) is 4.28. The van der Waals surface area contributed by atoms with Gasteiger partial charge in [-0.05, 0) is 24.8 Å². The summed E-state index contributed by atoms with van der Waals surface area (Å²) in [7, 11) is 1.69. The van der Waals surface area contributed by atoms with Gasteiger partial charge in [0.05, 0.1) is 6.61 Å². The summed E-state index contributed by atoms with van der Waals surface area (Å²) in [4.78, 5) is 23.6. The maximum Gasteiger partial charge on any atom is 0.220 e. The van der Waals surface area contributed by atoms with Gasteiger partial charge in [0, 0.05) is 38.5 Å². The van der Waals surface area contributed by atoms with Crippen molar-refractivity contribution in [1.82, 2.24) is 10.6 Å². The number of benzene rings is 1. The van der Waals surface area contributed by atoms with E-state index >= 15 is 0 Å². The van der Waals surface area contributed by atoms with Crippen LogP contribution in [0, 0.1) is 5.92 Å².